The van der Waals surface area contributed by atoms with Gasteiger partial charge in [0, 0.05) is 31.0 Å². The van der Waals surface area contributed by atoms with Crippen molar-refractivity contribution in [3.63, 3.8) is 0 Å². The summed E-state index contributed by atoms with van der Waals surface area (Å²) in [6.07, 6.45) is 2.03. The Hall–Kier alpha value is -2.47. The van der Waals surface area contributed by atoms with Crippen LogP contribution in [0.4, 0.5) is 5.69 Å². The van der Waals surface area contributed by atoms with Gasteiger partial charge in [0.15, 0.2) is 0 Å². The minimum atomic E-state index is -0.566. The van der Waals surface area contributed by atoms with Crippen molar-refractivity contribution in [2.24, 2.45) is 0 Å². The van der Waals surface area contributed by atoms with E-state index >= 15 is 0 Å². The second-order valence-electron chi connectivity index (χ2n) is 7.79. The average molecular weight is 416 g/mol. The zero-order valence-electron chi connectivity index (χ0n) is 17.9. The Kier molecular flexibility index (Phi) is 7.73. The van der Waals surface area contributed by atoms with E-state index in [1.807, 2.05) is 69.5 Å². The number of hydrogen-bond acceptors (Lipinski definition) is 5. The van der Waals surface area contributed by atoms with Crippen LogP contribution in [-0.4, -0.2) is 30.8 Å². The van der Waals surface area contributed by atoms with Crippen molar-refractivity contribution in [1.82, 2.24) is 0 Å². The van der Waals surface area contributed by atoms with Gasteiger partial charge in [-0.05, 0) is 62.9 Å². The van der Waals surface area contributed by atoms with Crippen LogP contribution in [0.5, 0.6) is 5.75 Å². The van der Waals surface area contributed by atoms with Crippen molar-refractivity contribution in [3.05, 3.63) is 59.2 Å². The zero-order valence-corrected chi connectivity index (χ0v) is 18.8. The molecule has 0 aliphatic rings. The fraction of sp³-hybridized carbons (Fsp3) is 0.391. The molecule has 0 aliphatic carbocycles. The van der Waals surface area contributed by atoms with Crippen LogP contribution in [-0.2, 0) is 21.9 Å². The number of thioether (sulfide) groups is 1. The van der Waals surface area contributed by atoms with Gasteiger partial charge in [-0.15, -0.1) is 0 Å². The number of carbonyl (C=O) groups is 2. The predicted molar refractivity (Wildman–Crippen MR) is 119 cm³/mol. The zero-order chi connectivity index (χ0) is 21.6. The number of amides is 1. The molecule has 0 saturated heterocycles. The van der Waals surface area contributed by atoms with Gasteiger partial charge < -0.3 is 14.4 Å². The highest BCUT2D eigenvalue weighted by Gasteiger charge is 2.21. The summed E-state index contributed by atoms with van der Waals surface area (Å²) in [6.45, 7) is 7.32. The first-order chi connectivity index (χ1) is 13.6. The molecule has 0 unspecified atom stereocenters. The molecule has 6 heteroatoms. The lowest BCUT2D eigenvalue weighted by molar-refractivity contribution is -0.116. The molecule has 0 aliphatic heterocycles. The normalized spacial score (nSPS) is 11.1. The molecule has 29 heavy (non-hydrogen) atoms. The Morgan fingerprint density at radius 1 is 1.07 bits per heavy atom. The van der Waals surface area contributed by atoms with Gasteiger partial charge in [0.05, 0.1) is 5.56 Å². The van der Waals surface area contributed by atoms with E-state index in [0.717, 1.165) is 22.6 Å². The lowest BCUT2D eigenvalue weighted by atomic mass is 10.0. The van der Waals surface area contributed by atoms with Gasteiger partial charge in [0.1, 0.15) is 18.0 Å². The van der Waals surface area contributed by atoms with E-state index in [-0.39, 0.29) is 18.5 Å². The summed E-state index contributed by atoms with van der Waals surface area (Å²) in [6, 6.07) is 13.1. The predicted octanol–water partition coefficient (Wildman–Crippen LogP) is 5.07. The first-order valence-electron chi connectivity index (χ1n) is 9.42. The molecule has 0 radical (unpaired) electrons. The van der Waals surface area contributed by atoms with Crippen LogP contribution in [0.15, 0.2) is 42.5 Å². The van der Waals surface area contributed by atoms with Crippen LogP contribution in [0.1, 0.15) is 49.2 Å². The maximum Gasteiger partial charge on any atom is 0.339 e. The molecule has 0 saturated carbocycles. The molecule has 0 heterocycles. The van der Waals surface area contributed by atoms with Gasteiger partial charge in [0.25, 0.3) is 0 Å². The number of carbonyl (C=O) groups excluding carboxylic acids is 2. The number of nitrogens with zero attached hydrogens (tertiary/aromatic N) is 1. The summed E-state index contributed by atoms with van der Waals surface area (Å²) in [4.78, 5) is 25.7. The smallest absolute Gasteiger partial charge is 0.339 e. The van der Waals surface area contributed by atoms with Crippen LogP contribution in [0, 0.1) is 0 Å². The third-order valence-corrected chi connectivity index (χ3v) is 4.82. The van der Waals surface area contributed by atoms with Crippen molar-refractivity contribution in [3.8, 4) is 5.75 Å². The lowest BCUT2D eigenvalue weighted by Crippen LogP contribution is -2.25. The van der Waals surface area contributed by atoms with Crippen molar-refractivity contribution in [2.75, 3.05) is 18.2 Å². The van der Waals surface area contributed by atoms with Crippen molar-refractivity contribution < 1.29 is 19.1 Å². The Balaban J connectivity index is 2.18. The number of anilines is 1. The molecule has 0 fully saturated rings. The van der Waals surface area contributed by atoms with Gasteiger partial charge in [-0.2, -0.15) is 11.8 Å². The minimum Gasteiger partial charge on any atom is -0.489 e. The number of hydrogen-bond donors (Lipinski definition) is 0. The average Bonchev–Trinajstić information content (AvgIpc) is 2.65. The highest BCUT2D eigenvalue weighted by Crippen LogP contribution is 2.23. The third-order valence-electron chi connectivity index (χ3n) is 4.19. The van der Waals surface area contributed by atoms with Crippen LogP contribution in [0.2, 0.25) is 0 Å². The highest BCUT2D eigenvalue weighted by molar-refractivity contribution is 7.97. The standard InChI is InChI=1S/C23H29NO4S/c1-16(25)24(5)19-9-11-20(12-10-19)27-14-18-8-7-17(15-29-6)13-21(18)22(26)28-23(2,3)4/h7-13H,14-15H2,1-6H3. The van der Waals surface area contributed by atoms with E-state index in [4.69, 9.17) is 9.47 Å². The second kappa shape index (κ2) is 9.83. The van der Waals surface area contributed by atoms with Crippen molar-refractivity contribution in [2.45, 2.75) is 45.7 Å². The van der Waals surface area contributed by atoms with E-state index in [9.17, 15) is 9.59 Å². The third kappa shape index (κ3) is 6.82. The summed E-state index contributed by atoms with van der Waals surface area (Å²) in [5.74, 6) is 1.10. The molecule has 0 bridgehead atoms. The molecule has 2 aromatic carbocycles. The van der Waals surface area contributed by atoms with Crippen LogP contribution < -0.4 is 9.64 Å². The maximum absolute atomic E-state index is 12.7. The van der Waals surface area contributed by atoms with Crippen LogP contribution in [0.25, 0.3) is 0 Å². The summed E-state index contributed by atoms with van der Waals surface area (Å²) in [5.41, 5.74) is 2.59. The number of ether oxygens (including phenoxy) is 2. The molecule has 2 rings (SSSR count). The van der Waals surface area contributed by atoms with E-state index < -0.39 is 5.60 Å². The Morgan fingerprint density at radius 3 is 2.28 bits per heavy atom. The molecule has 2 aromatic rings. The molecule has 1 amide bonds. The Labute approximate surface area is 177 Å². The summed E-state index contributed by atoms with van der Waals surface area (Å²) in [7, 11) is 1.72. The number of benzene rings is 2. The van der Waals surface area contributed by atoms with Gasteiger partial charge in [-0.1, -0.05) is 12.1 Å². The molecule has 156 valence electrons. The fourth-order valence-corrected chi connectivity index (χ4v) is 3.15. The monoisotopic (exact) mass is 415 g/mol. The molecule has 0 N–H and O–H groups in total. The number of esters is 1. The topological polar surface area (TPSA) is 55.8 Å². The van der Waals surface area contributed by atoms with E-state index in [1.165, 1.54) is 6.92 Å². The minimum absolute atomic E-state index is 0.0361. The molecule has 0 aromatic heterocycles. The quantitative estimate of drug-likeness (QED) is 0.591. The molecular weight excluding hydrogens is 386 g/mol. The van der Waals surface area contributed by atoms with E-state index in [1.54, 1.807) is 23.7 Å². The summed E-state index contributed by atoms with van der Waals surface area (Å²) < 4.78 is 11.5. The van der Waals surface area contributed by atoms with Gasteiger partial charge >= 0.3 is 5.97 Å². The second-order valence-corrected chi connectivity index (χ2v) is 8.65. The van der Waals surface area contributed by atoms with Gasteiger partial charge in [-0.25, -0.2) is 4.79 Å². The lowest BCUT2D eigenvalue weighted by Gasteiger charge is -2.21. The fourth-order valence-electron chi connectivity index (χ4n) is 2.64. The SMILES string of the molecule is CSCc1ccc(COc2ccc(N(C)C(C)=O)cc2)c(C(=O)OC(C)(C)C)c1. The summed E-state index contributed by atoms with van der Waals surface area (Å²) in [5, 5.41) is 0. The van der Waals surface area contributed by atoms with Crippen LogP contribution >= 0.6 is 11.8 Å². The first-order valence-corrected chi connectivity index (χ1v) is 10.8. The van der Waals surface area contributed by atoms with Crippen molar-refractivity contribution >= 4 is 29.3 Å². The molecule has 0 atom stereocenters. The maximum atomic E-state index is 12.7. The molecule has 0 spiro atoms. The van der Waals surface area contributed by atoms with Gasteiger partial charge in [0.2, 0.25) is 5.91 Å². The summed E-state index contributed by atoms with van der Waals surface area (Å²) >= 11 is 1.70. The Bertz CT molecular complexity index is 856. The van der Waals surface area contributed by atoms with Crippen molar-refractivity contribution in [1.29, 1.82) is 0 Å². The van der Waals surface area contributed by atoms with E-state index in [2.05, 4.69) is 0 Å². The molecular formula is C23H29NO4S. The largest absolute Gasteiger partial charge is 0.489 e. The first kappa shape index (κ1) is 22.8. The number of rotatable bonds is 7. The van der Waals surface area contributed by atoms with Gasteiger partial charge in [-0.3, -0.25) is 4.79 Å². The van der Waals surface area contributed by atoms with E-state index in [0.29, 0.717) is 11.3 Å². The highest BCUT2D eigenvalue weighted by atomic mass is 32.2. The van der Waals surface area contributed by atoms with Crippen LogP contribution in [0.3, 0.4) is 0 Å². The Morgan fingerprint density at radius 2 is 1.72 bits per heavy atom. The molecule has 5 nitrogen and oxygen atoms in total.